The van der Waals surface area contributed by atoms with E-state index in [-0.39, 0.29) is 6.03 Å². The van der Waals surface area contributed by atoms with Gasteiger partial charge in [-0.3, -0.25) is 4.90 Å². The maximum Gasteiger partial charge on any atom is 0.326 e. The molecule has 1 N–H and O–H groups in total. The van der Waals surface area contributed by atoms with Crippen LogP contribution in [0.3, 0.4) is 0 Å². The minimum absolute atomic E-state index is 0.208. The lowest BCUT2D eigenvalue weighted by Crippen LogP contribution is -2.46. The molecule has 0 atom stereocenters. The Labute approximate surface area is 147 Å². The number of pyridine rings is 1. The summed E-state index contributed by atoms with van der Waals surface area (Å²) in [6.45, 7) is 4.28. The van der Waals surface area contributed by atoms with Crippen molar-refractivity contribution in [2.75, 3.05) is 49.0 Å². The first kappa shape index (κ1) is 16.9. The second-order valence-electron chi connectivity index (χ2n) is 5.61. The van der Waals surface area contributed by atoms with Gasteiger partial charge in [0.2, 0.25) is 0 Å². The van der Waals surface area contributed by atoms with E-state index in [2.05, 4.69) is 22.1 Å². The van der Waals surface area contributed by atoms with E-state index in [1.54, 1.807) is 43.5 Å². The lowest BCUT2D eigenvalue weighted by Gasteiger charge is -2.36. The van der Waals surface area contributed by atoms with Crippen LogP contribution >= 0.6 is 0 Å². The molecule has 0 saturated carbocycles. The topological polar surface area (TPSA) is 66.9 Å². The van der Waals surface area contributed by atoms with Crippen LogP contribution in [-0.4, -0.2) is 44.9 Å². The maximum atomic E-state index is 12.8. The highest BCUT2D eigenvalue weighted by molar-refractivity contribution is 6.04. The second kappa shape index (κ2) is 7.29. The molecule has 0 aliphatic carbocycles. The van der Waals surface area contributed by atoms with Crippen molar-refractivity contribution in [3.63, 3.8) is 0 Å². The molecule has 0 radical (unpaired) electrons. The van der Waals surface area contributed by atoms with Gasteiger partial charge in [0.15, 0.2) is 5.82 Å². The van der Waals surface area contributed by atoms with Crippen LogP contribution in [0.5, 0.6) is 11.5 Å². The van der Waals surface area contributed by atoms with E-state index in [1.165, 1.54) is 0 Å². The van der Waals surface area contributed by atoms with Crippen molar-refractivity contribution in [3.05, 3.63) is 36.5 Å². The zero-order chi connectivity index (χ0) is 17.8. The zero-order valence-electron chi connectivity index (χ0n) is 14.7. The summed E-state index contributed by atoms with van der Waals surface area (Å²) in [5, 5.41) is 2.92. The van der Waals surface area contributed by atoms with Gasteiger partial charge in [-0.25, -0.2) is 9.78 Å². The summed E-state index contributed by atoms with van der Waals surface area (Å²) in [5.41, 5.74) is 1.42. The normalized spacial score (nSPS) is 13.2. The number of hydrogen-bond donors (Lipinski definition) is 1. The average molecular weight is 342 g/mol. The van der Waals surface area contributed by atoms with Crippen molar-refractivity contribution in [1.29, 1.82) is 0 Å². The van der Waals surface area contributed by atoms with Crippen molar-refractivity contribution in [1.82, 2.24) is 4.98 Å². The van der Waals surface area contributed by atoms with E-state index in [0.29, 0.717) is 23.7 Å². The molecule has 0 saturated heterocycles. The van der Waals surface area contributed by atoms with Crippen molar-refractivity contribution >= 4 is 23.2 Å². The largest absolute Gasteiger partial charge is 0.497 e. The molecule has 7 heteroatoms. The number of likely N-dealkylation sites (N-methyl/N-ethyl adjacent to an activating group) is 1. The molecule has 0 bridgehead atoms. The summed E-state index contributed by atoms with van der Waals surface area (Å²) >= 11 is 0. The molecule has 1 aliphatic heterocycles. The summed E-state index contributed by atoms with van der Waals surface area (Å²) in [7, 11) is 3.15. The van der Waals surface area contributed by atoms with Gasteiger partial charge >= 0.3 is 6.03 Å². The van der Waals surface area contributed by atoms with E-state index in [9.17, 15) is 4.79 Å². The molecular formula is C18H22N4O3. The number of fused-ring (bicyclic) bond motifs is 1. The summed E-state index contributed by atoms with van der Waals surface area (Å²) in [6.07, 6.45) is 1.75. The van der Waals surface area contributed by atoms with Crippen LogP contribution in [-0.2, 0) is 0 Å². The predicted octanol–water partition coefficient (Wildman–Crippen LogP) is 2.98. The number of carbonyl (C=O) groups is 1. The fraction of sp³-hybridized carbons (Fsp3) is 0.333. The van der Waals surface area contributed by atoms with E-state index >= 15 is 0 Å². The minimum Gasteiger partial charge on any atom is -0.497 e. The molecule has 132 valence electrons. The number of anilines is 3. The molecule has 1 aromatic carbocycles. The molecule has 25 heavy (non-hydrogen) atoms. The number of nitrogens with one attached hydrogen (secondary N) is 1. The Morgan fingerprint density at radius 3 is 2.56 bits per heavy atom. The molecule has 1 aliphatic rings. The Kier molecular flexibility index (Phi) is 4.92. The highest BCUT2D eigenvalue weighted by Gasteiger charge is 2.27. The van der Waals surface area contributed by atoms with Crippen molar-refractivity contribution in [3.8, 4) is 11.5 Å². The molecule has 2 aromatic rings. The third-order valence-corrected chi connectivity index (χ3v) is 4.18. The van der Waals surface area contributed by atoms with Crippen LogP contribution in [0.25, 0.3) is 0 Å². The van der Waals surface area contributed by atoms with Crippen molar-refractivity contribution in [2.24, 2.45) is 0 Å². The highest BCUT2D eigenvalue weighted by Crippen LogP contribution is 2.31. The summed E-state index contributed by atoms with van der Waals surface area (Å²) in [4.78, 5) is 21.1. The van der Waals surface area contributed by atoms with Gasteiger partial charge in [0.05, 0.1) is 19.9 Å². The van der Waals surface area contributed by atoms with Crippen LogP contribution in [0.4, 0.5) is 22.0 Å². The molecule has 0 spiro atoms. The Bertz CT molecular complexity index is 743. The van der Waals surface area contributed by atoms with Crippen molar-refractivity contribution < 1.29 is 14.3 Å². The second-order valence-corrected chi connectivity index (χ2v) is 5.61. The third kappa shape index (κ3) is 3.45. The number of nitrogens with zero attached hydrogens (tertiary/aromatic N) is 3. The predicted molar refractivity (Wildman–Crippen MR) is 98.0 cm³/mol. The van der Waals surface area contributed by atoms with Gasteiger partial charge in [-0.05, 0) is 19.1 Å². The van der Waals surface area contributed by atoms with E-state index in [0.717, 1.165) is 24.6 Å². The minimum atomic E-state index is -0.208. The lowest BCUT2D eigenvalue weighted by molar-refractivity contribution is 0.256. The number of rotatable bonds is 4. The lowest BCUT2D eigenvalue weighted by atomic mass is 10.2. The van der Waals surface area contributed by atoms with Crippen LogP contribution in [0.1, 0.15) is 6.92 Å². The fourth-order valence-corrected chi connectivity index (χ4v) is 2.88. The number of hydrogen-bond acceptors (Lipinski definition) is 5. The molecule has 1 aromatic heterocycles. The van der Waals surface area contributed by atoms with Crippen molar-refractivity contribution in [2.45, 2.75) is 6.92 Å². The highest BCUT2D eigenvalue weighted by atomic mass is 16.5. The first-order valence-corrected chi connectivity index (χ1v) is 8.17. The molecular weight excluding hydrogens is 320 g/mol. The average Bonchev–Trinajstić information content (AvgIpc) is 2.66. The number of carbonyl (C=O) groups excluding carboxylic acids is 1. The molecule has 0 fully saturated rings. The standard InChI is InChI=1S/C18H22N4O3/c1-4-21-8-9-22(16-6-5-7-19-17(16)21)18(23)20-13-10-14(24-2)12-15(11-13)25-3/h5-7,10-12H,4,8-9H2,1-3H3,(H,20,23). The number of methoxy groups -OCH3 is 2. The van der Waals surface area contributed by atoms with Crippen LogP contribution in [0, 0.1) is 0 Å². The number of urea groups is 1. The molecule has 0 unspecified atom stereocenters. The van der Waals surface area contributed by atoms with Gasteiger partial charge in [0.1, 0.15) is 11.5 Å². The van der Waals surface area contributed by atoms with Gasteiger partial charge in [-0.1, -0.05) is 0 Å². The number of amides is 2. The Morgan fingerprint density at radius 2 is 1.92 bits per heavy atom. The van der Waals surface area contributed by atoms with Gasteiger partial charge in [-0.2, -0.15) is 0 Å². The van der Waals surface area contributed by atoms with E-state index < -0.39 is 0 Å². The van der Waals surface area contributed by atoms with E-state index in [1.807, 2.05) is 12.1 Å². The first-order chi connectivity index (χ1) is 12.2. The number of benzene rings is 1. The van der Waals surface area contributed by atoms with Crippen LogP contribution in [0.15, 0.2) is 36.5 Å². The first-order valence-electron chi connectivity index (χ1n) is 8.17. The van der Waals surface area contributed by atoms with Gasteiger partial charge in [-0.15, -0.1) is 0 Å². The SMILES string of the molecule is CCN1CCN(C(=O)Nc2cc(OC)cc(OC)c2)c2cccnc21. The Hall–Kier alpha value is -2.96. The molecule has 7 nitrogen and oxygen atoms in total. The fourth-order valence-electron chi connectivity index (χ4n) is 2.88. The van der Waals surface area contributed by atoms with Crippen LogP contribution in [0.2, 0.25) is 0 Å². The maximum absolute atomic E-state index is 12.8. The summed E-state index contributed by atoms with van der Waals surface area (Å²) < 4.78 is 10.5. The molecule has 2 amide bonds. The van der Waals surface area contributed by atoms with Gasteiger partial charge < -0.3 is 19.7 Å². The Morgan fingerprint density at radius 1 is 1.20 bits per heavy atom. The Balaban J connectivity index is 1.85. The quantitative estimate of drug-likeness (QED) is 0.925. The summed E-state index contributed by atoms with van der Waals surface area (Å²) in [6, 6.07) is 8.82. The zero-order valence-corrected chi connectivity index (χ0v) is 14.7. The summed E-state index contributed by atoms with van der Waals surface area (Å²) in [5.74, 6) is 2.06. The van der Waals surface area contributed by atoms with Gasteiger partial charge in [0.25, 0.3) is 0 Å². The van der Waals surface area contributed by atoms with Crippen LogP contribution < -0.4 is 24.6 Å². The third-order valence-electron chi connectivity index (χ3n) is 4.18. The number of aromatic nitrogens is 1. The number of ether oxygens (including phenoxy) is 2. The molecule has 2 heterocycles. The monoisotopic (exact) mass is 342 g/mol. The molecule has 3 rings (SSSR count). The van der Waals surface area contributed by atoms with Gasteiger partial charge in [0, 0.05) is 49.7 Å². The van der Waals surface area contributed by atoms with E-state index in [4.69, 9.17) is 9.47 Å². The smallest absolute Gasteiger partial charge is 0.326 e.